The van der Waals surface area contributed by atoms with Gasteiger partial charge >= 0.3 is 0 Å². The van der Waals surface area contributed by atoms with Crippen molar-refractivity contribution in [3.63, 3.8) is 0 Å². The topological polar surface area (TPSA) is 81.4 Å². The van der Waals surface area contributed by atoms with E-state index < -0.39 is 10.0 Å². The molecule has 0 atom stereocenters. The smallest absolute Gasteiger partial charge is 0.244 e. The number of benzene rings is 1. The molecule has 1 aliphatic carbocycles. The van der Waals surface area contributed by atoms with Crippen molar-refractivity contribution in [2.75, 3.05) is 20.2 Å². The number of methoxy groups -OCH3 is 1. The summed E-state index contributed by atoms with van der Waals surface area (Å²) >= 11 is 0. The lowest BCUT2D eigenvalue weighted by Gasteiger charge is -2.15. The van der Waals surface area contributed by atoms with Crippen LogP contribution in [0.25, 0.3) is 0 Å². The van der Waals surface area contributed by atoms with Crippen molar-refractivity contribution in [1.82, 2.24) is 4.72 Å². The molecule has 0 aliphatic heterocycles. The molecule has 0 radical (unpaired) electrons. The third-order valence-corrected chi connectivity index (χ3v) is 4.83. The van der Waals surface area contributed by atoms with Crippen LogP contribution in [0.1, 0.15) is 12.8 Å². The van der Waals surface area contributed by atoms with E-state index in [1.165, 1.54) is 13.2 Å². The van der Waals surface area contributed by atoms with Crippen molar-refractivity contribution in [3.05, 3.63) is 24.3 Å². The number of hydrogen-bond acceptors (Lipinski definition) is 4. The minimum absolute atomic E-state index is 0.0327. The molecule has 6 heteroatoms. The van der Waals surface area contributed by atoms with Crippen LogP contribution in [0, 0.1) is 5.41 Å². The molecule has 0 amide bonds. The van der Waals surface area contributed by atoms with E-state index in [1.54, 1.807) is 18.2 Å². The largest absolute Gasteiger partial charge is 0.495 e. The number of ether oxygens (including phenoxy) is 1. The highest BCUT2D eigenvalue weighted by atomic mass is 32.2. The van der Waals surface area contributed by atoms with Crippen LogP contribution in [0.15, 0.2) is 29.2 Å². The van der Waals surface area contributed by atoms with Gasteiger partial charge in [0.15, 0.2) is 0 Å². The third-order valence-electron chi connectivity index (χ3n) is 3.39. The Morgan fingerprint density at radius 2 is 2.06 bits per heavy atom. The summed E-state index contributed by atoms with van der Waals surface area (Å²) in [7, 11) is -2.08. The fourth-order valence-electron chi connectivity index (χ4n) is 1.80. The molecule has 0 bridgehead atoms. The number of nitrogens with two attached hydrogens (primary N) is 1. The molecule has 100 valence electrons. The number of rotatable bonds is 6. The molecule has 0 spiro atoms. The Balaban J connectivity index is 2.15. The maximum absolute atomic E-state index is 12.2. The van der Waals surface area contributed by atoms with Crippen molar-refractivity contribution < 1.29 is 13.2 Å². The van der Waals surface area contributed by atoms with Gasteiger partial charge in [0.2, 0.25) is 10.0 Å². The summed E-state index contributed by atoms with van der Waals surface area (Å²) in [6, 6.07) is 6.57. The Bertz CT molecular complexity index is 524. The molecule has 18 heavy (non-hydrogen) atoms. The lowest BCUT2D eigenvalue weighted by Crippen LogP contribution is -2.34. The summed E-state index contributed by atoms with van der Waals surface area (Å²) < 4.78 is 32.0. The maximum atomic E-state index is 12.2. The molecule has 0 aromatic heterocycles. The Morgan fingerprint density at radius 1 is 1.39 bits per heavy atom. The minimum atomic E-state index is -3.54. The molecule has 0 heterocycles. The summed E-state index contributed by atoms with van der Waals surface area (Å²) in [6.45, 7) is 0.908. The second-order valence-electron chi connectivity index (χ2n) is 4.68. The first-order valence-corrected chi connectivity index (χ1v) is 7.34. The van der Waals surface area contributed by atoms with E-state index in [-0.39, 0.29) is 10.3 Å². The van der Waals surface area contributed by atoms with Crippen LogP contribution in [0.3, 0.4) is 0 Å². The number of nitrogens with one attached hydrogen (secondary N) is 1. The summed E-state index contributed by atoms with van der Waals surface area (Å²) in [5.74, 6) is 0.350. The average Bonchev–Trinajstić information content (AvgIpc) is 3.17. The normalized spacial score (nSPS) is 17.4. The van der Waals surface area contributed by atoms with Crippen molar-refractivity contribution in [3.8, 4) is 5.75 Å². The molecule has 1 aromatic rings. The molecule has 0 saturated heterocycles. The van der Waals surface area contributed by atoms with Crippen molar-refractivity contribution in [2.45, 2.75) is 17.7 Å². The molecule has 1 saturated carbocycles. The van der Waals surface area contributed by atoms with E-state index >= 15 is 0 Å². The zero-order valence-corrected chi connectivity index (χ0v) is 11.2. The summed E-state index contributed by atoms with van der Waals surface area (Å²) in [6.07, 6.45) is 1.97. The van der Waals surface area contributed by atoms with Gasteiger partial charge in [0.05, 0.1) is 7.11 Å². The number of para-hydroxylation sites is 1. The van der Waals surface area contributed by atoms with Crippen LogP contribution in [0.5, 0.6) is 5.75 Å². The van der Waals surface area contributed by atoms with Gasteiger partial charge in [-0.2, -0.15) is 0 Å². The second-order valence-corrected chi connectivity index (χ2v) is 6.41. The van der Waals surface area contributed by atoms with Gasteiger partial charge in [-0.3, -0.25) is 0 Å². The average molecular weight is 270 g/mol. The maximum Gasteiger partial charge on any atom is 0.244 e. The predicted octanol–water partition coefficient (Wildman–Crippen LogP) is 0.712. The van der Waals surface area contributed by atoms with E-state index in [9.17, 15) is 8.42 Å². The number of hydrogen-bond donors (Lipinski definition) is 2. The molecule has 3 N–H and O–H groups in total. The predicted molar refractivity (Wildman–Crippen MR) is 68.9 cm³/mol. The quantitative estimate of drug-likeness (QED) is 0.797. The Morgan fingerprint density at radius 3 is 2.61 bits per heavy atom. The summed E-state index contributed by atoms with van der Waals surface area (Å²) in [4.78, 5) is 0.167. The van der Waals surface area contributed by atoms with E-state index in [1.807, 2.05) is 0 Å². The van der Waals surface area contributed by atoms with Crippen molar-refractivity contribution in [2.24, 2.45) is 11.1 Å². The van der Waals surface area contributed by atoms with Gasteiger partial charge in [-0.05, 0) is 36.9 Å². The lowest BCUT2D eigenvalue weighted by molar-refractivity contribution is 0.402. The third kappa shape index (κ3) is 2.66. The molecule has 2 rings (SSSR count). The zero-order chi connectivity index (χ0) is 13.2. The molecule has 1 aliphatic rings. The number of sulfonamides is 1. The zero-order valence-electron chi connectivity index (χ0n) is 10.3. The van der Waals surface area contributed by atoms with Crippen LogP contribution in [0.2, 0.25) is 0 Å². The highest BCUT2D eigenvalue weighted by molar-refractivity contribution is 7.89. The van der Waals surface area contributed by atoms with Gasteiger partial charge in [-0.1, -0.05) is 12.1 Å². The molecule has 5 nitrogen and oxygen atoms in total. The van der Waals surface area contributed by atoms with Gasteiger partial charge in [0.25, 0.3) is 0 Å². The fourth-order valence-corrected chi connectivity index (χ4v) is 3.12. The lowest BCUT2D eigenvalue weighted by atomic mass is 10.1. The van der Waals surface area contributed by atoms with E-state index in [2.05, 4.69) is 4.72 Å². The van der Waals surface area contributed by atoms with Gasteiger partial charge in [-0.15, -0.1) is 0 Å². The fraction of sp³-hybridized carbons (Fsp3) is 0.500. The second kappa shape index (κ2) is 4.87. The monoisotopic (exact) mass is 270 g/mol. The van der Waals surface area contributed by atoms with Crippen LogP contribution >= 0.6 is 0 Å². The molecule has 0 unspecified atom stereocenters. The van der Waals surface area contributed by atoms with Crippen molar-refractivity contribution in [1.29, 1.82) is 0 Å². The van der Waals surface area contributed by atoms with E-state index in [0.717, 1.165) is 12.8 Å². The first-order valence-electron chi connectivity index (χ1n) is 5.86. The Labute approximate surface area is 107 Å². The first kappa shape index (κ1) is 13.3. The van der Waals surface area contributed by atoms with Crippen LogP contribution in [-0.2, 0) is 10.0 Å². The van der Waals surface area contributed by atoms with E-state index in [4.69, 9.17) is 10.5 Å². The standard InChI is InChI=1S/C12H18N2O3S/c1-17-10-4-2-3-5-11(10)18(15,16)14-9-12(8-13)6-7-12/h2-5,14H,6-9,13H2,1H3. The van der Waals surface area contributed by atoms with Gasteiger partial charge in [-0.25, -0.2) is 13.1 Å². The van der Waals surface area contributed by atoms with Gasteiger partial charge in [0.1, 0.15) is 10.6 Å². The van der Waals surface area contributed by atoms with Gasteiger partial charge < -0.3 is 10.5 Å². The molecular formula is C12H18N2O3S. The highest BCUT2D eigenvalue weighted by Gasteiger charge is 2.42. The molecule has 1 fully saturated rings. The van der Waals surface area contributed by atoms with Crippen molar-refractivity contribution >= 4 is 10.0 Å². The van der Waals surface area contributed by atoms with Gasteiger partial charge in [0, 0.05) is 6.54 Å². The Hall–Kier alpha value is -1.11. The Kier molecular flexibility index (Phi) is 3.61. The minimum Gasteiger partial charge on any atom is -0.495 e. The van der Waals surface area contributed by atoms with Crippen LogP contribution in [-0.4, -0.2) is 28.6 Å². The van der Waals surface area contributed by atoms with Crippen LogP contribution < -0.4 is 15.2 Å². The summed E-state index contributed by atoms with van der Waals surface area (Å²) in [5, 5.41) is 0. The first-order chi connectivity index (χ1) is 8.53. The molecular weight excluding hydrogens is 252 g/mol. The highest BCUT2D eigenvalue weighted by Crippen LogP contribution is 2.44. The molecule has 1 aromatic carbocycles. The summed E-state index contributed by atoms with van der Waals surface area (Å²) in [5.41, 5.74) is 5.60. The van der Waals surface area contributed by atoms with E-state index in [0.29, 0.717) is 18.8 Å². The SMILES string of the molecule is COc1ccccc1S(=O)(=O)NCC1(CN)CC1. The van der Waals surface area contributed by atoms with Crippen LogP contribution in [0.4, 0.5) is 0 Å².